The number of hydrogen-bond donors (Lipinski definition) is 1. The minimum atomic E-state index is -0.729. The molecule has 0 aromatic heterocycles. The summed E-state index contributed by atoms with van der Waals surface area (Å²) in [7, 11) is -0.729. The molecule has 84 valence electrons. The second-order valence-corrected chi connectivity index (χ2v) is 5.50. The Bertz CT molecular complexity index is 198. The van der Waals surface area contributed by atoms with Gasteiger partial charge in [0.05, 0.1) is 19.3 Å². The van der Waals surface area contributed by atoms with Crippen molar-refractivity contribution >= 4 is 10.8 Å². The first kappa shape index (κ1) is 12.1. The molecule has 1 N–H and O–H groups in total. The van der Waals surface area contributed by atoms with Crippen LogP contribution in [0.4, 0.5) is 0 Å². The molecule has 1 aliphatic rings. The quantitative estimate of drug-likeness (QED) is 0.732. The van der Waals surface area contributed by atoms with Crippen LogP contribution in [0.1, 0.15) is 13.8 Å². The Morgan fingerprint density at radius 1 is 1.43 bits per heavy atom. The molecule has 0 bridgehead atoms. The van der Waals surface area contributed by atoms with Crippen LogP contribution >= 0.6 is 0 Å². The van der Waals surface area contributed by atoms with Crippen molar-refractivity contribution in [3.8, 4) is 0 Å². The van der Waals surface area contributed by atoms with E-state index in [-0.39, 0.29) is 6.04 Å². The van der Waals surface area contributed by atoms with Gasteiger partial charge in [-0.2, -0.15) is 0 Å². The third kappa shape index (κ3) is 4.50. The molecule has 1 atom stereocenters. The molecule has 1 unspecified atom stereocenters. The van der Waals surface area contributed by atoms with E-state index in [0.717, 1.165) is 6.54 Å². The first-order valence-corrected chi connectivity index (χ1v) is 6.54. The molecule has 1 saturated heterocycles. The molecule has 0 saturated carbocycles. The summed E-state index contributed by atoms with van der Waals surface area (Å²) >= 11 is 0. The topological polar surface area (TPSA) is 47.6 Å². The van der Waals surface area contributed by atoms with Gasteiger partial charge < -0.3 is 14.8 Å². The van der Waals surface area contributed by atoms with Crippen molar-refractivity contribution in [3.05, 3.63) is 0 Å². The predicted octanol–water partition coefficient (Wildman–Crippen LogP) is 0.106. The van der Waals surface area contributed by atoms with E-state index >= 15 is 0 Å². The smallest absolute Gasteiger partial charge is 0.162 e. The summed E-state index contributed by atoms with van der Waals surface area (Å²) in [6, 6.07) is 0.228. The minimum absolute atomic E-state index is 0.228. The van der Waals surface area contributed by atoms with Crippen molar-refractivity contribution in [2.24, 2.45) is 0 Å². The summed E-state index contributed by atoms with van der Waals surface area (Å²) in [6.07, 6.45) is 1.71. The lowest BCUT2D eigenvalue weighted by Gasteiger charge is -2.35. The van der Waals surface area contributed by atoms with Gasteiger partial charge in [0.15, 0.2) is 5.79 Å². The lowest BCUT2D eigenvalue weighted by Crippen LogP contribution is -2.49. The Hall–Kier alpha value is 0.0300. The molecular formula is C9H19NO3S. The molecule has 0 aromatic carbocycles. The molecule has 0 aliphatic carbocycles. The van der Waals surface area contributed by atoms with Gasteiger partial charge in [0.1, 0.15) is 0 Å². The molecule has 4 nitrogen and oxygen atoms in total. The Morgan fingerprint density at radius 2 is 2.00 bits per heavy atom. The molecule has 0 aromatic rings. The average Bonchev–Trinajstić information content (AvgIpc) is 2.07. The zero-order chi connectivity index (χ0) is 10.6. The standard InChI is InChI=1S/C9H19NO3S/c1-9(2)12-6-8(7-13-9)10-4-5-14(3)11/h8,10H,4-7H2,1-3H3. The monoisotopic (exact) mass is 221 g/mol. The predicted molar refractivity (Wildman–Crippen MR) is 56.7 cm³/mol. The average molecular weight is 221 g/mol. The van der Waals surface area contributed by atoms with Crippen molar-refractivity contribution in [3.63, 3.8) is 0 Å². The van der Waals surface area contributed by atoms with Gasteiger partial charge in [-0.25, -0.2) is 0 Å². The van der Waals surface area contributed by atoms with Crippen LogP contribution in [0.2, 0.25) is 0 Å². The van der Waals surface area contributed by atoms with Crippen LogP contribution in [-0.4, -0.2) is 47.8 Å². The second kappa shape index (κ2) is 5.21. The highest BCUT2D eigenvalue weighted by molar-refractivity contribution is 7.84. The van der Waals surface area contributed by atoms with Gasteiger partial charge in [-0.05, 0) is 13.8 Å². The largest absolute Gasteiger partial charge is 0.349 e. The molecule has 1 fully saturated rings. The van der Waals surface area contributed by atoms with Crippen molar-refractivity contribution in [1.29, 1.82) is 0 Å². The molecule has 1 aliphatic heterocycles. The SMILES string of the molecule is CS(=O)CCNC1COC(C)(C)OC1. The zero-order valence-corrected chi connectivity index (χ0v) is 9.86. The van der Waals surface area contributed by atoms with Crippen LogP contribution in [0.25, 0.3) is 0 Å². The Morgan fingerprint density at radius 3 is 2.50 bits per heavy atom. The van der Waals surface area contributed by atoms with Crippen LogP contribution in [0.3, 0.4) is 0 Å². The van der Waals surface area contributed by atoms with E-state index in [2.05, 4.69) is 5.32 Å². The van der Waals surface area contributed by atoms with Gasteiger partial charge in [-0.3, -0.25) is 4.21 Å². The molecular weight excluding hydrogens is 202 g/mol. The number of hydrogen-bond acceptors (Lipinski definition) is 4. The maximum atomic E-state index is 10.8. The van der Waals surface area contributed by atoms with Crippen molar-refractivity contribution in [1.82, 2.24) is 5.32 Å². The second-order valence-electron chi connectivity index (χ2n) is 3.95. The maximum Gasteiger partial charge on any atom is 0.162 e. The first-order chi connectivity index (χ1) is 6.49. The highest BCUT2D eigenvalue weighted by Gasteiger charge is 2.27. The summed E-state index contributed by atoms with van der Waals surface area (Å²) in [5.41, 5.74) is 0. The van der Waals surface area contributed by atoms with E-state index in [9.17, 15) is 4.21 Å². The zero-order valence-electron chi connectivity index (χ0n) is 9.04. The number of nitrogens with one attached hydrogen (secondary N) is 1. The normalized spacial score (nSPS) is 24.8. The van der Waals surface area contributed by atoms with Crippen LogP contribution < -0.4 is 5.32 Å². The van der Waals surface area contributed by atoms with Gasteiger partial charge in [-0.1, -0.05) is 0 Å². The molecule has 0 amide bonds. The Labute approximate surface area is 87.8 Å². The van der Waals surface area contributed by atoms with Crippen LogP contribution in [0.5, 0.6) is 0 Å². The van der Waals surface area contributed by atoms with E-state index in [1.54, 1.807) is 6.26 Å². The van der Waals surface area contributed by atoms with Crippen molar-refractivity contribution < 1.29 is 13.7 Å². The summed E-state index contributed by atoms with van der Waals surface area (Å²) in [5, 5.41) is 3.25. The van der Waals surface area contributed by atoms with Gasteiger partial charge in [0.2, 0.25) is 0 Å². The van der Waals surface area contributed by atoms with Gasteiger partial charge in [0.25, 0.3) is 0 Å². The lowest BCUT2D eigenvalue weighted by atomic mass is 10.2. The fourth-order valence-electron chi connectivity index (χ4n) is 1.22. The Kier molecular flexibility index (Phi) is 4.50. The van der Waals surface area contributed by atoms with Gasteiger partial charge in [-0.15, -0.1) is 0 Å². The van der Waals surface area contributed by atoms with Crippen LogP contribution in [-0.2, 0) is 20.3 Å². The molecule has 0 radical (unpaired) electrons. The third-order valence-corrected chi connectivity index (χ3v) is 2.87. The molecule has 5 heteroatoms. The first-order valence-electron chi connectivity index (χ1n) is 4.81. The van der Waals surface area contributed by atoms with Crippen LogP contribution in [0, 0.1) is 0 Å². The fraction of sp³-hybridized carbons (Fsp3) is 1.00. The van der Waals surface area contributed by atoms with E-state index in [0.29, 0.717) is 19.0 Å². The maximum absolute atomic E-state index is 10.8. The molecule has 1 heterocycles. The third-order valence-electron chi connectivity index (χ3n) is 2.09. The van der Waals surface area contributed by atoms with E-state index in [4.69, 9.17) is 9.47 Å². The van der Waals surface area contributed by atoms with E-state index in [1.165, 1.54) is 0 Å². The summed E-state index contributed by atoms with van der Waals surface area (Å²) in [6.45, 7) is 5.88. The highest BCUT2D eigenvalue weighted by Crippen LogP contribution is 2.16. The van der Waals surface area contributed by atoms with E-state index < -0.39 is 16.6 Å². The fourth-order valence-corrected chi connectivity index (χ4v) is 1.62. The summed E-state index contributed by atoms with van der Waals surface area (Å²) in [4.78, 5) is 0. The van der Waals surface area contributed by atoms with Crippen molar-refractivity contribution in [2.45, 2.75) is 25.7 Å². The highest BCUT2D eigenvalue weighted by atomic mass is 32.2. The van der Waals surface area contributed by atoms with Gasteiger partial charge >= 0.3 is 0 Å². The summed E-state index contributed by atoms with van der Waals surface area (Å²) < 4.78 is 21.7. The molecule has 1 rings (SSSR count). The van der Waals surface area contributed by atoms with Gasteiger partial charge in [0, 0.05) is 29.4 Å². The number of ether oxygens (including phenoxy) is 2. The Balaban J connectivity index is 2.13. The summed E-state index contributed by atoms with van der Waals surface area (Å²) in [5.74, 6) is 0.228. The minimum Gasteiger partial charge on any atom is -0.349 e. The lowest BCUT2D eigenvalue weighted by molar-refractivity contribution is -0.252. The van der Waals surface area contributed by atoms with Crippen molar-refractivity contribution in [2.75, 3.05) is 31.8 Å². The van der Waals surface area contributed by atoms with E-state index in [1.807, 2.05) is 13.8 Å². The molecule has 14 heavy (non-hydrogen) atoms. The molecule has 0 spiro atoms. The van der Waals surface area contributed by atoms with Crippen LogP contribution in [0.15, 0.2) is 0 Å². The number of rotatable bonds is 4.